The Balaban J connectivity index is 1.76. The number of nitrogen functional groups attached to an aromatic ring is 1. The largest absolute Gasteiger partial charge is 0.399 e. The lowest BCUT2D eigenvalue weighted by Gasteiger charge is -2.02. The monoisotopic (exact) mass is 267 g/mol. The standard InChI is InChI=1S/C16H17N3O/c17-15-6-3-13(4-7-15)5-8-16(20)19-11-9-14-2-1-10-18-12-14/h1-8,10,12H,9,11,17H2,(H,19,20)/b8-5+. The molecule has 1 aromatic carbocycles. The molecule has 0 atom stereocenters. The van der Waals surface area contributed by atoms with Crippen molar-refractivity contribution in [1.82, 2.24) is 10.3 Å². The highest BCUT2D eigenvalue weighted by atomic mass is 16.1. The zero-order valence-electron chi connectivity index (χ0n) is 11.1. The minimum Gasteiger partial charge on any atom is -0.399 e. The van der Waals surface area contributed by atoms with Crippen molar-refractivity contribution in [2.75, 3.05) is 12.3 Å². The van der Waals surface area contributed by atoms with Gasteiger partial charge in [-0.05, 0) is 41.8 Å². The summed E-state index contributed by atoms with van der Waals surface area (Å²) in [6.07, 6.45) is 7.59. The number of amides is 1. The average Bonchev–Trinajstić information content (AvgIpc) is 2.48. The highest BCUT2D eigenvalue weighted by Gasteiger charge is 1.96. The second-order valence-electron chi connectivity index (χ2n) is 4.40. The molecular weight excluding hydrogens is 250 g/mol. The van der Waals surface area contributed by atoms with Crippen LogP contribution in [0.15, 0.2) is 54.9 Å². The number of hydrogen-bond acceptors (Lipinski definition) is 3. The van der Waals surface area contributed by atoms with E-state index in [1.54, 1.807) is 30.6 Å². The van der Waals surface area contributed by atoms with Gasteiger partial charge in [0.15, 0.2) is 0 Å². The number of carbonyl (C=O) groups excluding carboxylic acids is 1. The van der Waals surface area contributed by atoms with Crippen LogP contribution in [0.3, 0.4) is 0 Å². The highest BCUT2D eigenvalue weighted by Crippen LogP contribution is 2.06. The summed E-state index contributed by atoms with van der Waals surface area (Å²) >= 11 is 0. The van der Waals surface area contributed by atoms with Gasteiger partial charge in [-0.3, -0.25) is 9.78 Å². The first kappa shape index (κ1) is 13.8. The molecule has 0 bridgehead atoms. The van der Waals surface area contributed by atoms with E-state index in [0.717, 1.165) is 17.5 Å². The van der Waals surface area contributed by atoms with E-state index in [1.807, 2.05) is 24.3 Å². The van der Waals surface area contributed by atoms with E-state index < -0.39 is 0 Å². The topological polar surface area (TPSA) is 68.0 Å². The van der Waals surface area contributed by atoms with E-state index in [0.29, 0.717) is 12.2 Å². The second-order valence-corrected chi connectivity index (χ2v) is 4.40. The summed E-state index contributed by atoms with van der Waals surface area (Å²) in [5.74, 6) is -0.106. The number of benzene rings is 1. The van der Waals surface area contributed by atoms with Crippen LogP contribution in [0, 0.1) is 0 Å². The van der Waals surface area contributed by atoms with Gasteiger partial charge in [-0.25, -0.2) is 0 Å². The first-order valence-electron chi connectivity index (χ1n) is 6.44. The van der Waals surface area contributed by atoms with Crippen LogP contribution in [0.25, 0.3) is 6.08 Å². The molecule has 4 heteroatoms. The van der Waals surface area contributed by atoms with Crippen LogP contribution < -0.4 is 11.1 Å². The molecule has 0 aliphatic heterocycles. The molecule has 1 aromatic heterocycles. The molecule has 102 valence electrons. The van der Waals surface area contributed by atoms with Crippen LogP contribution in [0.1, 0.15) is 11.1 Å². The van der Waals surface area contributed by atoms with Crippen molar-refractivity contribution in [3.63, 3.8) is 0 Å². The Morgan fingerprint density at radius 2 is 2.05 bits per heavy atom. The predicted octanol–water partition coefficient (Wildman–Crippen LogP) is 2.04. The number of nitrogens with one attached hydrogen (secondary N) is 1. The fourth-order valence-electron chi connectivity index (χ4n) is 1.71. The Morgan fingerprint density at radius 3 is 2.75 bits per heavy atom. The van der Waals surface area contributed by atoms with E-state index in [1.165, 1.54) is 6.08 Å². The SMILES string of the molecule is Nc1ccc(/C=C/C(=O)NCCc2cccnc2)cc1. The quantitative estimate of drug-likeness (QED) is 0.643. The first-order valence-corrected chi connectivity index (χ1v) is 6.44. The van der Waals surface area contributed by atoms with E-state index >= 15 is 0 Å². The molecule has 4 nitrogen and oxygen atoms in total. The van der Waals surface area contributed by atoms with Crippen LogP contribution in [-0.4, -0.2) is 17.4 Å². The molecule has 1 heterocycles. The Hall–Kier alpha value is -2.62. The minimum atomic E-state index is -0.106. The summed E-state index contributed by atoms with van der Waals surface area (Å²) in [6.45, 7) is 0.594. The molecule has 3 N–H and O–H groups in total. The molecule has 0 unspecified atom stereocenters. The van der Waals surface area contributed by atoms with Crippen molar-refractivity contribution in [1.29, 1.82) is 0 Å². The van der Waals surface area contributed by atoms with Crippen molar-refractivity contribution in [3.05, 3.63) is 66.0 Å². The van der Waals surface area contributed by atoms with Crippen LogP contribution in [0.5, 0.6) is 0 Å². The predicted molar refractivity (Wildman–Crippen MR) is 80.8 cm³/mol. The van der Waals surface area contributed by atoms with Crippen molar-refractivity contribution < 1.29 is 4.79 Å². The third kappa shape index (κ3) is 4.57. The third-order valence-electron chi connectivity index (χ3n) is 2.80. The van der Waals surface area contributed by atoms with Crippen molar-refractivity contribution in [3.8, 4) is 0 Å². The maximum atomic E-state index is 11.6. The Labute approximate surface area is 118 Å². The van der Waals surface area contributed by atoms with E-state index in [9.17, 15) is 4.79 Å². The van der Waals surface area contributed by atoms with Gasteiger partial charge in [-0.1, -0.05) is 18.2 Å². The molecule has 2 rings (SSSR count). The van der Waals surface area contributed by atoms with Gasteiger partial charge in [0.05, 0.1) is 0 Å². The molecule has 0 saturated heterocycles. The molecule has 2 aromatic rings. The molecule has 0 fully saturated rings. The Kier molecular flexibility index (Phi) is 4.89. The van der Waals surface area contributed by atoms with Gasteiger partial charge in [0.25, 0.3) is 0 Å². The van der Waals surface area contributed by atoms with Crippen LogP contribution in [-0.2, 0) is 11.2 Å². The van der Waals surface area contributed by atoms with Gasteiger partial charge in [-0.15, -0.1) is 0 Å². The fourth-order valence-corrected chi connectivity index (χ4v) is 1.71. The number of aromatic nitrogens is 1. The van der Waals surface area contributed by atoms with Crippen LogP contribution in [0.2, 0.25) is 0 Å². The highest BCUT2D eigenvalue weighted by molar-refractivity contribution is 5.91. The van der Waals surface area contributed by atoms with Gasteiger partial charge in [-0.2, -0.15) is 0 Å². The number of rotatable bonds is 5. The van der Waals surface area contributed by atoms with Crippen LogP contribution >= 0.6 is 0 Å². The number of pyridine rings is 1. The van der Waals surface area contributed by atoms with Crippen LogP contribution in [0.4, 0.5) is 5.69 Å². The van der Waals surface area contributed by atoms with E-state index in [4.69, 9.17) is 5.73 Å². The summed E-state index contributed by atoms with van der Waals surface area (Å²) in [7, 11) is 0. The molecular formula is C16H17N3O. The molecule has 0 aliphatic rings. The lowest BCUT2D eigenvalue weighted by molar-refractivity contribution is -0.116. The number of nitrogens with two attached hydrogens (primary N) is 1. The molecule has 20 heavy (non-hydrogen) atoms. The van der Waals surface area contributed by atoms with Crippen molar-refractivity contribution in [2.45, 2.75) is 6.42 Å². The van der Waals surface area contributed by atoms with E-state index in [-0.39, 0.29) is 5.91 Å². The van der Waals surface area contributed by atoms with Gasteiger partial charge < -0.3 is 11.1 Å². The molecule has 0 saturated carbocycles. The second kappa shape index (κ2) is 7.09. The zero-order valence-corrected chi connectivity index (χ0v) is 11.1. The van der Waals surface area contributed by atoms with E-state index in [2.05, 4.69) is 10.3 Å². The summed E-state index contributed by atoms with van der Waals surface area (Å²) in [6, 6.07) is 11.2. The maximum absolute atomic E-state index is 11.6. The summed E-state index contributed by atoms with van der Waals surface area (Å²) < 4.78 is 0. The Morgan fingerprint density at radius 1 is 1.25 bits per heavy atom. The summed E-state index contributed by atoms with van der Waals surface area (Å²) in [5.41, 5.74) is 8.36. The Bertz CT molecular complexity index is 576. The zero-order chi connectivity index (χ0) is 14.2. The molecule has 1 amide bonds. The smallest absolute Gasteiger partial charge is 0.244 e. The van der Waals surface area contributed by atoms with Gasteiger partial charge >= 0.3 is 0 Å². The minimum absolute atomic E-state index is 0.106. The van der Waals surface area contributed by atoms with Gasteiger partial charge in [0.1, 0.15) is 0 Å². The average molecular weight is 267 g/mol. The van der Waals surface area contributed by atoms with Gasteiger partial charge in [0, 0.05) is 30.7 Å². The normalized spacial score (nSPS) is 10.6. The number of carbonyl (C=O) groups is 1. The fraction of sp³-hybridized carbons (Fsp3) is 0.125. The van der Waals surface area contributed by atoms with Gasteiger partial charge in [0.2, 0.25) is 5.91 Å². The maximum Gasteiger partial charge on any atom is 0.244 e. The lowest BCUT2D eigenvalue weighted by atomic mass is 10.2. The number of anilines is 1. The number of nitrogens with zero attached hydrogens (tertiary/aromatic N) is 1. The first-order chi connectivity index (χ1) is 9.74. The number of hydrogen-bond donors (Lipinski definition) is 2. The van der Waals surface area contributed by atoms with Crippen molar-refractivity contribution >= 4 is 17.7 Å². The van der Waals surface area contributed by atoms with Crippen molar-refractivity contribution in [2.24, 2.45) is 0 Å². The third-order valence-corrected chi connectivity index (χ3v) is 2.80. The lowest BCUT2D eigenvalue weighted by Crippen LogP contribution is -2.23. The molecule has 0 spiro atoms. The molecule has 0 aliphatic carbocycles. The molecule has 0 radical (unpaired) electrons. The summed E-state index contributed by atoms with van der Waals surface area (Å²) in [4.78, 5) is 15.7. The summed E-state index contributed by atoms with van der Waals surface area (Å²) in [5, 5.41) is 2.83.